The number of methoxy groups -OCH3 is 7. The maximum atomic E-state index is 13.0. The Bertz CT molecular complexity index is 6670. The number of aromatic hydroxyl groups is 4. The molecular formula is C100H100N17O15S+. The summed E-state index contributed by atoms with van der Waals surface area (Å²) in [6, 6.07) is 72.6. The molecule has 0 aliphatic carbocycles. The van der Waals surface area contributed by atoms with Gasteiger partial charge in [0.2, 0.25) is 17.8 Å². The Kier molecular flexibility index (Phi) is 31.9. The van der Waals surface area contributed by atoms with E-state index < -0.39 is 0 Å². The van der Waals surface area contributed by atoms with Crippen molar-refractivity contribution in [2.45, 2.75) is 13.3 Å². The van der Waals surface area contributed by atoms with Gasteiger partial charge in [-0.25, -0.2) is 29.6 Å². The van der Waals surface area contributed by atoms with Crippen molar-refractivity contribution in [2.24, 2.45) is 29.4 Å². The molecule has 9 N–H and O–H groups in total. The van der Waals surface area contributed by atoms with Gasteiger partial charge in [-0.3, -0.25) is 14.4 Å². The number of aromatic amines is 1. The molecule has 5 aromatic heterocycles. The number of rotatable bonds is 21. The topological polar surface area (TPSA) is 384 Å². The van der Waals surface area contributed by atoms with Gasteiger partial charge in [0, 0.05) is 121 Å². The fraction of sp³-hybridized carbons (Fsp3) is 0.170. The number of benzene rings is 10. The molecule has 0 atom stereocenters. The standard InChI is InChI=1S/C20H24N2O4.C19H19N3O4.C19H17N3O2.C16H14N2.C15H14N4O2.C11H11N3O3S/c1-24-16-12-15(13-17(14-16)25-2)20(23)22-10-8-21(9-11-22)18-6-4-5-7-19(18)26-3;1-11-18(26-14-6-4-5-12(9-14)24-2)17(22-19(20)21-11)15-8-7-13(25-3)10-16(15)23;1-24-17-13-22(15-8-3-2-4-9-15)20-18(17)19(23)21-12-11-14-7-5-6-10-16(14)21;1-18-10-8-13(9-11-18)6-7-14-12-17-16-5-3-2-4-15(14)16;1-19-13-5-3-2-4-12(13)17-15(19)18-16-9-10-6-7-11(20)8-14(10)21;1-17-8-4-2-3-7(10(8)16)5-12-14-11-13-9(15)6-18-11/h4-7,12-14H,8-11H2,1-3H3;4-10,23H,1-3H3,(H2,20,21,22);2-10,13H,11-12H2,1H3;2-12H,1H3;2-9,20-21H,1H3,(H,17,18);2-5,16H,6H2,1H3,(H,13,14,15)/p+1/b;;;;16-9+;12-5+. The Labute approximate surface area is 771 Å². The molecule has 32 nitrogen and oxygen atoms in total. The third kappa shape index (κ3) is 24.1. The fourth-order valence-corrected chi connectivity index (χ4v) is 14.8. The number of nitrogens with two attached hydrogens (primary N) is 1. The number of nitrogens with zero attached hydrogens (tertiary/aromatic N) is 13. The van der Waals surface area contributed by atoms with E-state index in [0.717, 1.165) is 53.4 Å². The lowest BCUT2D eigenvalue weighted by atomic mass is 10.1. The Morgan fingerprint density at radius 2 is 1.25 bits per heavy atom. The number of piperazine rings is 1. The van der Waals surface area contributed by atoms with E-state index in [4.69, 9.17) is 43.6 Å². The molecule has 3 aliphatic rings. The van der Waals surface area contributed by atoms with Gasteiger partial charge in [0.25, 0.3) is 11.8 Å². The van der Waals surface area contributed by atoms with Gasteiger partial charge < -0.3 is 93.6 Å². The van der Waals surface area contributed by atoms with E-state index >= 15 is 0 Å². The molecule has 133 heavy (non-hydrogen) atoms. The SMILES string of the molecule is COc1cc(OC)cc(C(=O)N2CCN(c3ccccc3OC)CC2)c1.COc1cccc(/C=N/N=C2/NC(=O)CS2)c1O.COc1cccc(Oc2c(C)nc(N)nc2-c2ccc(OC)cc2O)c1.COc1cn(-c2ccccc2)nc1C(=O)N1CCc2ccccc21.C[n+]1ccc(/C=C/c2c[nH]c3ccccc23)cc1.Cn1c(N/N=C/c2ccc(O)cc2O)nc2ccccc21. The Morgan fingerprint density at radius 3 is 1.95 bits per heavy atom. The van der Waals surface area contributed by atoms with Gasteiger partial charge in [0.15, 0.2) is 46.3 Å². The number of phenols is 4. The number of thioether (sulfide) groups is 1. The number of amides is 3. The number of nitrogen functional groups attached to an aromatic ring is 1. The number of para-hydroxylation sites is 8. The summed E-state index contributed by atoms with van der Waals surface area (Å²) in [5, 5.41) is 59.5. The van der Waals surface area contributed by atoms with Crippen LogP contribution in [0.2, 0.25) is 0 Å². The third-order valence-electron chi connectivity index (χ3n) is 21.1. The zero-order valence-corrected chi connectivity index (χ0v) is 75.5. The number of pyridine rings is 1. The molecular weight excluding hydrogens is 1710 g/mol. The lowest BCUT2D eigenvalue weighted by Gasteiger charge is -2.36. The van der Waals surface area contributed by atoms with Crippen LogP contribution < -0.4 is 68.7 Å². The van der Waals surface area contributed by atoms with Crippen LogP contribution in [-0.2, 0) is 25.3 Å². The highest BCUT2D eigenvalue weighted by atomic mass is 32.2. The van der Waals surface area contributed by atoms with Crippen molar-refractivity contribution in [1.29, 1.82) is 0 Å². The van der Waals surface area contributed by atoms with Crippen LogP contribution in [0.3, 0.4) is 0 Å². The first-order valence-corrected chi connectivity index (χ1v) is 42.8. The van der Waals surface area contributed by atoms with Crippen molar-refractivity contribution in [3.63, 3.8) is 0 Å². The summed E-state index contributed by atoms with van der Waals surface area (Å²) < 4.78 is 48.3. The van der Waals surface area contributed by atoms with Crippen molar-refractivity contribution in [3.05, 3.63) is 306 Å². The van der Waals surface area contributed by atoms with Gasteiger partial charge in [0.1, 0.15) is 64.5 Å². The largest absolute Gasteiger partial charge is 0.508 e. The molecule has 0 spiro atoms. The number of carbonyl (C=O) groups excluding carboxylic acids is 3. The van der Waals surface area contributed by atoms with Crippen LogP contribution in [0, 0.1) is 6.92 Å². The first kappa shape index (κ1) is 93.8. The van der Waals surface area contributed by atoms with Crippen LogP contribution in [0.4, 0.5) is 23.3 Å². The average molecular weight is 1810 g/mol. The molecule has 0 saturated carbocycles. The summed E-state index contributed by atoms with van der Waals surface area (Å²) in [6.07, 6.45) is 15.9. The molecule has 33 heteroatoms. The Morgan fingerprint density at radius 1 is 0.586 bits per heavy atom. The number of hydrazone groups is 1. The fourth-order valence-electron chi connectivity index (χ4n) is 14.1. The van der Waals surface area contributed by atoms with Gasteiger partial charge in [0.05, 0.1) is 102 Å². The zero-order valence-electron chi connectivity index (χ0n) is 74.7. The van der Waals surface area contributed by atoms with Gasteiger partial charge >= 0.3 is 0 Å². The quantitative estimate of drug-likeness (QED) is 0.0188. The first-order chi connectivity index (χ1) is 64.6. The minimum atomic E-state index is -0.133. The van der Waals surface area contributed by atoms with Crippen molar-refractivity contribution < 1.29 is 77.3 Å². The Balaban J connectivity index is 0.000000136. The van der Waals surface area contributed by atoms with Crippen molar-refractivity contribution >= 4 is 104 Å². The van der Waals surface area contributed by atoms with E-state index in [1.807, 2.05) is 150 Å². The molecule has 680 valence electrons. The van der Waals surface area contributed by atoms with E-state index in [2.05, 4.69) is 117 Å². The zero-order chi connectivity index (χ0) is 93.9. The van der Waals surface area contributed by atoms with Crippen LogP contribution >= 0.6 is 11.8 Å². The lowest BCUT2D eigenvalue weighted by molar-refractivity contribution is -0.671. The second-order valence-corrected chi connectivity index (χ2v) is 30.6. The second-order valence-electron chi connectivity index (χ2n) is 29.6. The van der Waals surface area contributed by atoms with Crippen LogP contribution in [0.25, 0.3) is 51.0 Å². The molecule has 18 rings (SSSR count). The Hall–Kier alpha value is -16.8. The second kappa shape index (κ2) is 45.2. The predicted molar refractivity (Wildman–Crippen MR) is 517 cm³/mol. The number of ether oxygens (including phenoxy) is 8. The van der Waals surface area contributed by atoms with Crippen molar-refractivity contribution in [3.8, 4) is 91.7 Å². The molecule has 0 bridgehead atoms. The maximum absolute atomic E-state index is 13.0. The molecule has 8 heterocycles. The van der Waals surface area contributed by atoms with Gasteiger partial charge in [-0.05, 0) is 139 Å². The number of aryl methyl sites for hydroxylation is 3. The number of fused-ring (bicyclic) bond motifs is 3. The number of carbonyl (C=O) groups is 3. The molecule has 0 radical (unpaired) electrons. The molecule has 2 saturated heterocycles. The number of amidine groups is 1. The van der Waals surface area contributed by atoms with Crippen LogP contribution in [0.15, 0.2) is 277 Å². The summed E-state index contributed by atoms with van der Waals surface area (Å²) in [6.45, 7) is 5.24. The summed E-state index contributed by atoms with van der Waals surface area (Å²) in [5.74, 6) is 5.85. The highest BCUT2D eigenvalue weighted by Gasteiger charge is 2.31. The first-order valence-electron chi connectivity index (χ1n) is 41.8. The molecule has 3 amide bonds. The van der Waals surface area contributed by atoms with E-state index in [0.29, 0.717) is 122 Å². The number of imidazole rings is 1. The number of phenolic OH excluding ortho intramolecular Hbond substituents is 4. The third-order valence-corrected chi connectivity index (χ3v) is 21.9. The van der Waals surface area contributed by atoms with Gasteiger partial charge in [-0.1, -0.05) is 115 Å². The van der Waals surface area contributed by atoms with Crippen LogP contribution in [-0.4, -0.2) is 183 Å². The minimum Gasteiger partial charge on any atom is -0.508 e. The summed E-state index contributed by atoms with van der Waals surface area (Å²) in [7, 11) is 14.9. The lowest BCUT2D eigenvalue weighted by Crippen LogP contribution is -2.48. The number of hydrogen-bond acceptors (Lipinski definition) is 26. The predicted octanol–water partition coefficient (Wildman–Crippen LogP) is 15.9. The van der Waals surface area contributed by atoms with Crippen LogP contribution in [0.5, 0.6) is 74.7 Å². The van der Waals surface area contributed by atoms with Gasteiger partial charge in [-0.2, -0.15) is 15.3 Å². The minimum absolute atomic E-state index is 0.00246. The average Bonchev–Trinajstić information content (AvgIpc) is 1.42. The number of H-pyrrole nitrogens is 1. The number of aromatic nitrogens is 8. The monoisotopic (exact) mass is 1810 g/mol. The van der Waals surface area contributed by atoms with Crippen molar-refractivity contribution in [2.75, 3.05) is 109 Å². The normalized spacial score (nSPS) is 12.8. The van der Waals surface area contributed by atoms with E-state index in [1.165, 1.54) is 84.2 Å². The molecule has 15 aromatic rings. The summed E-state index contributed by atoms with van der Waals surface area (Å²) in [4.78, 5) is 58.8. The molecule has 3 aliphatic heterocycles. The van der Waals surface area contributed by atoms with Gasteiger partial charge in [-0.15, -0.1) is 5.10 Å². The highest BCUT2D eigenvalue weighted by Crippen LogP contribution is 2.42. The highest BCUT2D eigenvalue weighted by molar-refractivity contribution is 8.15. The van der Waals surface area contributed by atoms with E-state index in [9.17, 15) is 34.8 Å². The molecule has 2 fully saturated rings. The summed E-state index contributed by atoms with van der Waals surface area (Å²) in [5.41, 5.74) is 21.5. The van der Waals surface area contributed by atoms with Crippen LogP contribution in [0.1, 0.15) is 54.4 Å². The van der Waals surface area contributed by atoms with Crippen molar-refractivity contribution in [1.82, 2.24) is 44.5 Å². The number of nitrogens with one attached hydrogen (secondary N) is 3. The number of anilines is 4. The maximum Gasteiger partial charge on any atom is 0.282 e. The summed E-state index contributed by atoms with van der Waals surface area (Å²) >= 11 is 1.29. The van der Waals surface area contributed by atoms with E-state index in [1.54, 1.807) is 125 Å². The van der Waals surface area contributed by atoms with E-state index in [-0.39, 0.29) is 46.7 Å². The molecule has 10 aromatic carbocycles. The number of hydrogen-bond donors (Lipinski definition) is 8. The molecule has 0 unspecified atom stereocenters. The smallest absolute Gasteiger partial charge is 0.282 e.